The Morgan fingerprint density at radius 2 is 1.90 bits per heavy atom. The second-order valence-electron chi connectivity index (χ2n) is 9.00. The normalized spacial score (nSPS) is 13.4. The lowest BCUT2D eigenvalue weighted by Crippen LogP contribution is -2.39. The van der Waals surface area contributed by atoms with Crippen molar-refractivity contribution in [2.75, 3.05) is 6.54 Å². The second-order valence-corrected chi connectivity index (χ2v) is 9.43. The molecule has 2 aromatic carbocycles. The summed E-state index contributed by atoms with van der Waals surface area (Å²) in [5.41, 5.74) is -0.269. The van der Waals surface area contributed by atoms with Crippen LogP contribution in [0.4, 0.5) is 22.4 Å². The Bertz CT molecular complexity index is 1620. The van der Waals surface area contributed by atoms with Gasteiger partial charge in [0, 0.05) is 41.0 Å². The van der Waals surface area contributed by atoms with E-state index in [1.54, 1.807) is 24.3 Å². The van der Waals surface area contributed by atoms with Gasteiger partial charge in [-0.05, 0) is 29.8 Å². The predicted octanol–water partition coefficient (Wildman–Crippen LogP) is 5.38. The summed E-state index contributed by atoms with van der Waals surface area (Å²) in [6, 6.07) is 9.18. The smallest absolute Gasteiger partial charge is 0.416 e. The fraction of sp³-hybridized carbons (Fsp3) is 0.231. The number of alkyl halides is 3. The monoisotopic (exact) mass is 562 g/mol. The van der Waals surface area contributed by atoms with Crippen LogP contribution in [0.5, 0.6) is 0 Å². The lowest BCUT2D eigenvalue weighted by Gasteiger charge is -2.29. The minimum atomic E-state index is -4.70. The number of fused-ring (bicyclic) bond motifs is 1. The van der Waals surface area contributed by atoms with Gasteiger partial charge in [0.15, 0.2) is 5.43 Å². The Hall–Kier alpha value is -4.19. The van der Waals surface area contributed by atoms with Crippen molar-refractivity contribution in [1.82, 2.24) is 19.6 Å². The first-order valence-corrected chi connectivity index (χ1v) is 12.0. The SMILES string of the molecule is O=C(O)N1CCc2c(c(=O)c(-c3noc(Cc4ccc(Cl)cc4)n3)cn2Cc2ccc(C(F)(F)F)cc2F)C1. The summed E-state index contributed by atoms with van der Waals surface area (Å²) in [6.45, 7) is -0.339. The van der Waals surface area contributed by atoms with Gasteiger partial charge >= 0.3 is 12.3 Å². The molecule has 1 aliphatic rings. The molecule has 0 unspecified atom stereocenters. The van der Waals surface area contributed by atoms with E-state index in [1.165, 1.54) is 10.8 Å². The van der Waals surface area contributed by atoms with E-state index >= 15 is 0 Å². The third kappa shape index (κ3) is 5.51. The van der Waals surface area contributed by atoms with E-state index in [4.69, 9.17) is 16.1 Å². The number of hydrogen-bond donors (Lipinski definition) is 1. The van der Waals surface area contributed by atoms with Gasteiger partial charge in [-0.15, -0.1) is 0 Å². The van der Waals surface area contributed by atoms with Crippen LogP contribution in [-0.4, -0.2) is 37.4 Å². The Morgan fingerprint density at radius 3 is 2.56 bits per heavy atom. The zero-order chi connectivity index (χ0) is 27.9. The van der Waals surface area contributed by atoms with E-state index in [0.29, 0.717) is 16.8 Å². The van der Waals surface area contributed by atoms with Crippen LogP contribution < -0.4 is 5.43 Å². The fourth-order valence-corrected chi connectivity index (χ4v) is 4.57. The molecule has 0 saturated heterocycles. The van der Waals surface area contributed by atoms with Crippen LogP contribution in [0, 0.1) is 5.82 Å². The van der Waals surface area contributed by atoms with Crippen molar-refractivity contribution < 1.29 is 32.0 Å². The number of nitrogens with zero attached hydrogens (tertiary/aromatic N) is 4. The summed E-state index contributed by atoms with van der Waals surface area (Å²) in [6.07, 6.45) is -4.12. The first-order chi connectivity index (χ1) is 18.5. The largest absolute Gasteiger partial charge is 0.465 e. The molecule has 1 aliphatic heterocycles. The summed E-state index contributed by atoms with van der Waals surface area (Å²) >= 11 is 5.91. The molecule has 0 radical (unpaired) electrons. The molecule has 0 atom stereocenters. The van der Waals surface area contributed by atoms with Gasteiger partial charge in [0.1, 0.15) is 5.82 Å². The summed E-state index contributed by atoms with van der Waals surface area (Å²) in [5, 5.41) is 13.9. The van der Waals surface area contributed by atoms with Crippen LogP contribution in [0.25, 0.3) is 11.4 Å². The molecule has 2 aromatic heterocycles. The van der Waals surface area contributed by atoms with Crippen LogP contribution in [-0.2, 0) is 32.1 Å². The highest BCUT2D eigenvalue weighted by Gasteiger charge is 2.32. The number of rotatable bonds is 5. The first-order valence-electron chi connectivity index (χ1n) is 11.7. The fourth-order valence-electron chi connectivity index (χ4n) is 4.44. The molecule has 5 rings (SSSR count). The number of amides is 1. The van der Waals surface area contributed by atoms with Gasteiger partial charge < -0.3 is 19.1 Å². The van der Waals surface area contributed by atoms with E-state index in [0.717, 1.165) is 22.6 Å². The number of benzene rings is 2. The molecular formula is C26H19ClF4N4O4. The number of hydrogen-bond acceptors (Lipinski definition) is 5. The van der Waals surface area contributed by atoms with E-state index in [1.807, 2.05) is 0 Å². The topological polar surface area (TPSA) is 101 Å². The van der Waals surface area contributed by atoms with Crippen molar-refractivity contribution in [1.29, 1.82) is 0 Å². The maximum Gasteiger partial charge on any atom is 0.416 e. The van der Waals surface area contributed by atoms with Crippen LogP contribution in [0.3, 0.4) is 0 Å². The standard InChI is InChI=1S/C26H19ClF4N4O4/c27-17-5-1-14(2-6-17)9-22-32-24(33-39-22)19-13-35(11-15-3-4-16(10-20(15)28)26(29,30)31)21-7-8-34(25(37)38)12-18(21)23(19)36/h1-6,10,13H,7-9,11-12H2,(H,37,38). The lowest BCUT2D eigenvalue weighted by molar-refractivity contribution is -0.137. The van der Waals surface area contributed by atoms with Gasteiger partial charge in [0.2, 0.25) is 11.7 Å². The van der Waals surface area contributed by atoms with Crippen molar-refractivity contribution in [3.63, 3.8) is 0 Å². The van der Waals surface area contributed by atoms with E-state index in [-0.39, 0.29) is 60.9 Å². The van der Waals surface area contributed by atoms with E-state index < -0.39 is 29.1 Å². The molecule has 1 amide bonds. The molecule has 0 spiro atoms. The number of carboxylic acid groups (broad SMARTS) is 1. The van der Waals surface area contributed by atoms with Gasteiger partial charge in [0.05, 0.1) is 30.6 Å². The second kappa shape index (κ2) is 10.2. The van der Waals surface area contributed by atoms with Crippen molar-refractivity contribution in [2.45, 2.75) is 32.1 Å². The molecule has 0 bridgehead atoms. The van der Waals surface area contributed by atoms with Crippen LogP contribution in [0.15, 0.2) is 58.0 Å². The van der Waals surface area contributed by atoms with Crippen LogP contribution >= 0.6 is 11.6 Å². The van der Waals surface area contributed by atoms with Crippen LogP contribution in [0.1, 0.15) is 33.8 Å². The third-order valence-electron chi connectivity index (χ3n) is 6.44. The Kier molecular flexibility index (Phi) is 6.89. The summed E-state index contributed by atoms with van der Waals surface area (Å²) in [7, 11) is 0. The van der Waals surface area contributed by atoms with Crippen molar-refractivity contribution in [3.05, 3.63) is 104 Å². The average molecular weight is 563 g/mol. The third-order valence-corrected chi connectivity index (χ3v) is 6.69. The highest BCUT2D eigenvalue weighted by molar-refractivity contribution is 6.30. The first kappa shape index (κ1) is 26.4. The molecule has 39 heavy (non-hydrogen) atoms. The van der Waals surface area contributed by atoms with Gasteiger partial charge in [-0.2, -0.15) is 18.2 Å². The van der Waals surface area contributed by atoms with Gasteiger partial charge in [-0.25, -0.2) is 9.18 Å². The Morgan fingerprint density at radius 1 is 1.15 bits per heavy atom. The highest BCUT2D eigenvalue weighted by atomic mass is 35.5. The maximum atomic E-state index is 14.7. The van der Waals surface area contributed by atoms with Gasteiger partial charge in [-0.3, -0.25) is 4.79 Å². The minimum Gasteiger partial charge on any atom is -0.465 e. The van der Waals surface area contributed by atoms with E-state index in [9.17, 15) is 32.3 Å². The number of carbonyl (C=O) groups is 1. The predicted molar refractivity (Wildman–Crippen MR) is 131 cm³/mol. The Balaban J connectivity index is 1.55. The molecule has 1 N–H and O–H groups in total. The minimum absolute atomic E-state index is 0.0144. The molecule has 202 valence electrons. The lowest BCUT2D eigenvalue weighted by atomic mass is 10.0. The molecule has 0 fully saturated rings. The zero-order valence-corrected chi connectivity index (χ0v) is 20.8. The van der Waals surface area contributed by atoms with E-state index in [2.05, 4.69) is 10.1 Å². The van der Waals surface area contributed by atoms with Gasteiger partial charge in [0.25, 0.3) is 0 Å². The zero-order valence-electron chi connectivity index (χ0n) is 20.0. The summed E-state index contributed by atoms with van der Waals surface area (Å²) in [4.78, 5) is 30.4. The number of halogens is 5. The van der Waals surface area contributed by atoms with Gasteiger partial charge in [-0.1, -0.05) is 35.0 Å². The molecule has 0 aliphatic carbocycles. The average Bonchev–Trinajstić information content (AvgIpc) is 3.35. The maximum absolute atomic E-state index is 14.7. The van der Waals surface area contributed by atoms with Crippen molar-refractivity contribution in [2.24, 2.45) is 0 Å². The molecule has 3 heterocycles. The molecular weight excluding hydrogens is 544 g/mol. The number of pyridine rings is 1. The van der Waals surface area contributed by atoms with Crippen molar-refractivity contribution in [3.8, 4) is 11.4 Å². The Labute approximate surface area is 223 Å². The molecule has 4 aromatic rings. The molecule has 13 heteroatoms. The van der Waals surface area contributed by atoms with Crippen molar-refractivity contribution >= 4 is 17.7 Å². The molecule has 0 saturated carbocycles. The summed E-state index contributed by atoms with van der Waals surface area (Å²) in [5.74, 6) is -0.913. The number of aromatic nitrogens is 3. The van der Waals surface area contributed by atoms with Crippen LogP contribution in [0.2, 0.25) is 5.02 Å². The summed E-state index contributed by atoms with van der Waals surface area (Å²) < 4.78 is 60.6. The molecule has 8 nitrogen and oxygen atoms in total. The highest BCUT2D eigenvalue weighted by Crippen LogP contribution is 2.31. The quantitative estimate of drug-likeness (QED) is 0.328.